The zero-order valence-corrected chi connectivity index (χ0v) is 26.7. The highest BCUT2D eigenvalue weighted by atomic mass is 32.2. The minimum Gasteiger partial charge on any atom is -0.377 e. The van der Waals surface area contributed by atoms with Crippen LogP contribution in [-0.2, 0) is 20.8 Å². The smallest absolute Gasteiger partial charge is 0.377 e. The van der Waals surface area contributed by atoms with Crippen molar-refractivity contribution in [2.24, 2.45) is 0 Å². The van der Waals surface area contributed by atoms with E-state index in [4.69, 9.17) is 4.74 Å². The molecule has 3 saturated heterocycles. The lowest BCUT2D eigenvalue weighted by atomic mass is 10.1. The predicted octanol–water partition coefficient (Wildman–Crippen LogP) is 4.76. The van der Waals surface area contributed by atoms with Gasteiger partial charge in [0.25, 0.3) is 5.91 Å². The molecule has 1 saturated carbocycles. The molecule has 244 valence electrons. The van der Waals surface area contributed by atoms with Crippen LogP contribution in [0.25, 0.3) is 10.6 Å². The molecular formula is C31H33F3N6O4S2. The van der Waals surface area contributed by atoms with Crippen LogP contribution in [0.3, 0.4) is 0 Å². The molecule has 46 heavy (non-hydrogen) atoms. The predicted molar refractivity (Wildman–Crippen MR) is 167 cm³/mol. The fourth-order valence-corrected chi connectivity index (χ4v) is 9.98. The first kappa shape index (κ1) is 30.1. The van der Waals surface area contributed by atoms with Crippen LogP contribution < -0.4 is 10.2 Å². The summed E-state index contributed by atoms with van der Waals surface area (Å²) < 4.78 is 74.3. The van der Waals surface area contributed by atoms with Crippen molar-refractivity contribution in [3.8, 4) is 10.6 Å². The van der Waals surface area contributed by atoms with E-state index in [1.807, 2.05) is 12.1 Å². The Balaban J connectivity index is 1.14. The summed E-state index contributed by atoms with van der Waals surface area (Å²) in [4.78, 5) is 27.7. The Labute approximate surface area is 268 Å². The van der Waals surface area contributed by atoms with Gasteiger partial charge < -0.3 is 19.9 Å². The number of sulfone groups is 1. The number of hydrogen-bond donors (Lipinski definition) is 1. The Bertz CT molecular complexity index is 1810. The molecular weight excluding hydrogens is 642 g/mol. The summed E-state index contributed by atoms with van der Waals surface area (Å²) in [7, 11) is -1.73. The van der Waals surface area contributed by atoms with Gasteiger partial charge in [-0.05, 0) is 68.5 Å². The number of fused-ring (bicyclic) bond motifs is 3. The summed E-state index contributed by atoms with van der Waals surface area (Å²) >= 11 is 0.716. The van der Waals surface area contributed by atoms with Crippen LogP contribution in [0, 0.1) is 0 Å². The molecule has 10 nitrogen and oxygen atoms in total. The first-order chi connectivity index (χ1) is 22.0. The number of nitrogens with one attached hydrogen (secondary N) is 1. The Morgan fingerprint density at radius 3 is 2.43 bits per heavy atom. The van der Waals surface area contributed by atoms with Gasteiger partial charge >= 0.3 is 6.18 Å². The number of ether oxygens (including phenoxy) is 1. The number of likely N-dealkylation sites (N-methyl/N-ethyl adjacent to an activating group) is 1. The molecule has 2 atom stereocenters. The van der Waals surface area contributed by atoms with E-state index in [0.717, 1.165) is 55.1 Å². The summed E-state index contributed by atoms with van der Waals surface area (Å²) in [5, 5.41) is 3.16. The average molecular weight is 675 g/mol. The van der Waals surface area contributed by atoms with Gasteiger partial charge in [0.15, 0.2) is 9.84 Å². The summed E-state index contributed by atoms with van der Waals surface area (Å²) in [5.41, 5.74) is 1.37. The van der Waals surface area contributed by atoms with Crippen molar-refractivity contribution in [2.75, 3.05) is 55.9 Å². The topological polar surface area (TPSA) is 108 Å². The van der Waals surface area contributed by atoms with E-state index in [2.05, 4.69) is 38.2 Å². The Hall–Kier alpha value is -3.27. The van der Waals surface area contributed by atoms with Crippen molar-refractivity contribution in [2.45, 2.75) is 60.8 Å². The van der Waals surface area contributed by atoms with Crippen LogP contribution in [0.1, 0.15) is 52.4 Å². The van der Waals surface area contributed by atoms with Crippen molar-refractivity contribution in [1.82, 2.24) is 19.8 Å². The molecule has 1 amide bonds. The Morgan fingerprint density at radius 1 is 1.04 bits per heavy atom. The molecule has 2 aromatic heterocycles. The minimum absolute atomic E-state index is 0.000604. The van der Waals surface area contributed by atoms with Crippen LogP contribution >= 0.6 is 11.3 Å². The van der Waals surface area contributed by atoms with Crippen LogP contribution in [0.5, 0.6) is 0 Å². The SMILES string of the molecule is CN1[C@@H]2CC[C@H]1CN(c1ccc(Nc3ncc(C(F)(F)F)c(-c4cc5c(s4)C(=O)N(C4COC4)CCS5(=O)=O)n3)c(C3CC3)c1)C2. The molecule has 1 aliphatic carbocycles. The van der Waals surface area contributed by atoms with Gasteiger partial charge in [-0.2, -0.15) is 13.2 Å². The van der Waals surface area contributed by atoms with Gasteiger partial charge in [-0.3, -0.25) is 9.69 Å². The second kappa shape index (κ2) is 10.9. The highest BCUT2D eigenvalue weighted by Gasteiger charge is 2.42. The monoisotopic (exact) mass is 674 g/mol. The van der Waals surface area contributed by atoms with E-state index in [-0.39, 0.29) is 38.9 Å². The first-order valence-electron chi connectivity index (χ1n) is 15.5. The summed E-state index contributed by atoms with van der Waals surface area (Å²) in [5.74, 6) is -0.546. The molecule has 0 radical (unpaired) electrons. The number of aromatic nitrogens is 2. The number of benzene rings is 1. The zero-order valence-electron chi connectivity index (χ0n) is 25.1. The van der Waals surface area contributed by atoms with Crippen molar-refractivity contribution in [1.29, 1.82) is 0 Å². The molecule has 1 aromatic carbocycles. The molecule has 5 aliphatic rings. The standard InChI is InChI=1S/C31H33F3N6O4S2/c1-38-19-4-5-20(38)14-39(13-19)18-6-7-24(22(10-18)17-2-3-17)36-30-35-12-23(31(32,33)34)27(37-30)25-11-26-28(45-25)29(41)40(21-15-44-16-21)8-9-46(26,42)43/h6-7,10-12,17,19-21H,2-5,8-9,13-16H2,1H3,(H,35,36,37)/t19-,20+. The number of thiophene rings is 1. The number of rotatable bonds is 6. The third kappa shape index (κ3) is 5.24. The van der Waals surface area contributed by atoms with Crippen LogP contribution in [-0.4, -0.2) is 97.9 Å². The Kier molecular flexibility index (Phi) is 7.12. The average Bonchev–Trinajstić information content (AvgIpc) is 3.71. The molecule has 0 spiro atoms. The summed E-state index contributed by atoms with van der Waals surface area (Å²) in [6.07, 6.45) is 0.352. The molecule has 2 bridgehead atoms. The highest BCUT2D eigenvalue weighted by Crippen LogP contribution is 2.47. The number of alkyl halides is 3. The van der Waals surface area contributed by atoms with Crippen molar-refractivity contribution in [3.63, 3.8) is 0 Å². The van der Waals surface area contributed by atoms with Gasteiger partial charge in [0.2, 0.25) is 5.95 Å². The molecule has 8 rings (SSSR count). The van der Waals surface area contributed by atoms with Gasteiger partial charge in [-0.1, -0.05) is 0 Å². The van der Waals surface area contributed by atoms with Gasteiger partial charge in [0, 0.05) is 49.3 Å². The van der Waals surface area contributed by atoms with Crippen LogP contribution in [0.15, 0.2) is 35.4 Å². The maximum atomic E-state index is 14.3. The zero-order chi connectivity index (χ0) is 32.0. The van der Waals surface area contributed by atoms with Gasteiger partial charge in [-0.15, -0.1) is 11.3 Å². The number of carbonyl (C=O) groups is 1. The third-order valence-corrected chi connectivity index (χ3v) is 13.0. The lowest BCUT2D eigenvalue weighted by Crippen LogP contribution is -2.52. The fraction of sp³-hybridized carbons (Fsp3) is 0.516. The lowest BCUT2D eigenvalue weighted by molar-refractivity contribution is -0.137. The number of anilines is 3. The van der Waals surface area contributed by atoms with Crippen LogP contribution in [0.2, 0.25) is 0 Å². The maximum absolute atomic E-state index is 14.3. The van der Waals surface area contributed by atoms with E-state index in [0.29, 0.717) is 42.6 Å². The molecule has 4 fully saturated rings. The Morgan fingerprint density at radius 2 is 1.78 bits per heavy atom. The van der Waals surface area contributed by atoms with Crippen molar-refractivity contribution in [3.05, 3.63) is 46.5 Å². The quantitative estimate of drug-likeness (QED) is 0.396. The number of halogens is 3. The van der Waals surface area contributed by atoms with Crippen molar-refractivity contribution < 1.29 is 31.1 Å². The molecule has 4 aliphatic heterocycles. The molecule has 3 aromatic rings. The van der Waals surface area contributed by atoms with E-state index >= 15 is 0 Å². The number of hydrogen-bond acceptors (Lipinski definition) is 10. The highest BCUT2D eigenvalue weighted by molar-refractivity contribution is 7.91. The van der Waals surface area contributed by atoms with E-state index < -0.39 is 33.2 Å². The number of amides is 1. The number of nitrogens with zero attached hydrogens (tertiary/aromatic N) is 5. The lowest BCUT2D eigenvalue weighted by Gasteiger charge is -2.40. The van der Waals surface area contributed by atoms with Crippen LogP contribution in [0.4, 0.5) is 30.5 Å². The van der Waals surface area contributed by atoms with E-state index in [1.54, 1.807) is 0 Å². The van der Waals surface area contributed by atoms with Gasteiger partial charge in [0.05, 0.1) is 40.5 Å². The largest absolute Gasteiger partial charge is 0.420 e. The van der Waals surface area contributed by atoms with Gasteiger partial charge in [-0.25, -0.2) is 18.4 Å². The second-order valence-electron chi connectivity index (χ2n) is 12.9. The first-order valence-corrected chi connectivity index (χ1v) is 18.0. The van der Waals surface area contributed by atoms with Gasteiger partial charge in [0.1, 0.15) is 10.4 Å². The molecule has 6 heterocycles. The minimum atomic E-state index is -4.81. The summed E-state index contributed by atoms with van der Waals surface area (Å²) in [6, 6.07) is 8.13. The van der Waals surface area contributed by atoms with E-state index in [9.17, 15) is 26.4 Å². The van der Waals surface area contributed by atoms with E-state index in [1.165, 1.54) is 17.7 Å². The fourth-order valence-electron chi connectivity index (χ4n) is 7.06. The van der Waals surface area contributed by atoms with Crippen molar-refractivity contribution >= 4 is 44.4 Å². The molecule has 1 N–H and O–H groups in total. The number of piperazine rings is 1. The molecule has 0 unspecified atom stereocenters. The second-order valence-corrected chi connectivity index (χ2v) is 16.0. The third-order valence-electron chi connectivity index (χ3n) is 9.99. The normalized spacial score (nSPS) is 24.9. The molecule has 15 heteroatoms. The maximum Gasteiger partial charge on any atom is 0.420 e. The number of carbonyl (C=O) groups excluding carboxylic acids is 1. The summed E-state index contributed by atoms with van der Waals surface area (Å²) in [6.45, 7) is 2.51.